The Balaban J connectivity index is 2.55. The van der Waals surface area contributed by atoms with Crippen molar-refractivity contribution in [1.82, 2.24) is 4.98 Å². The number of nitrogens with zero attached hydrogens (tertiary/aromatic N) is 1. The number of thiazole rings is 1. The maximum atomic E-state index is 11.6. The van der Waals surface area contributed by atoms with E-state index in [1.807, 2.05) is 5.38 Å². The molecule has 1 aromatic rings. The van der Waals surface area contributed by atoms with Gasteiger partial charge in [0.05, 0.1) is 17.9 Å². The minimum atomic E-state index is -1.14. The second-order valence-corrected chi connectivity index (χ2v) is 7.33. The van der Waals surface area contributed by atoms with Gasteiger partial charge in [0.1, 0.15) is 5.01 Å². The lowest BCUT2D eigenvalue weighted by atomic mass is 9.93. The van der Waals surface area contributed by atoms with Crippen molar-refractivity contribution in [3.05, 3.63) is 16.1 Å². The number of aromatic nitrogens is 1. The van der Waals surface area contributed by atoms with E-state index in [1.54, 1.807) is 0 Å². The molecule has 1 heterocycles. The van der Waals surface area contributed by atoms with E-state index >= 15 is 0 Å². The molecule has 6 heteroatoms. The quantitative estimate of drug-likeness (QED) is 0.894. The van der Waals surface area contributed by atoms with Gasteiger partial charge in [-0.15, -0.1) is 11.3 Å². The zero-order chi connectivity index (χ0) is 13.1. The molecule has 0 fully saturated rings. The maximum absolute atomic E-state index is 11.6. The molecule has 1 N–H and O–H groups in total. The number of rotatable bonds is 5. The van der Waals surface area contributed by atoms with Gasteiger partial charge in [0, 0.05) is 27.3 Å². The van der Waals surface area contributed by atoms with Crippen LogP contribution in [0.15, 0.2) is 5.38 Å². The highest BCUT2D eigenvalue weighted by Crippen LogP contribution is 2.24. The molecule has 1 atom stereocenters. The van der Waals surface area contributed by atoms with E-state index in [0.29, 0.717) is 5.75 Å². The first-order valence-electron chi connectivity index (χ1n) is 5.30. The average molecular weight is 275 g/mol. The van der Waals surface area contributed by atoms with E-state index in [4.69, 9.17) is 5.11 Å². The second kappa shape index (κ2) is 5.73. The number of hydrogen-bond donors (Lipinski definition) is 1. The minimum absolute atomic E-state index is 0.00267. The Bertz CT molecular complexity index is 421. The van der Waals surface area contributed by atoms with Gasteiger partial charge in [-0.1, -0.05) is 20.8 Å². The molecule has 0 saturated carbocycles. The smallest absolute Gasteiger partial charge is 0.304 e. The van der Waals surface area contributed by atoms with Gasteiger partial charge in [-0.05, 0) is 0 Å². The Hall–Kier alpha value is -0.750. The fraction of sp³-hybridized carbons (Fsp3) is 0.636. The minimum Gasteiger partial charge on any atom is -0.481 e. The topological polar surface area (TPSA) is 67.3 Å². The predicted molar refractivity (Wildman–Crippen MR) is 69.8 cm³/mol. The molecule has 0 radical (unpaired) electrons. The molecule has 96 valence electrons. The van der Waals surface area contributed by atoms with Crippen LogP contribution in [0.2, 0.25) is 0 Å². The van der Waals surface area contributed by atoms with Gasteiger partial charge in [-0.25, -0.2) is 4.98 Å². The fourth-order valence-corrected chi connectivity index (χ4v) is 3.49. The molecule has 17 heavy (non-hydrogen) atoms. The van der Waals surface area contributed by atoms with Gasteiger partial charge in [-0.2, -0.15) is 0 Å². The number of carbonyl (C=O) groups is 1. The molecule has 1 unspecified atom stereocenters. The Kier molecular flexibility index (Phi) is 4.82. The van der Waals surface area contributed by atoms with Crippen LogP contribution in [0.5, 0.6) is 0 Å². The van der Waals surface area contributed by atoms with E-state index in [0.717, 1.165) is 10.7 Å². The lowest BCUT2D eigenvalue weighted by molar-refractivity contribution is -0.136. The van der Waals surface area contributed by atoms with Gasteiger partial charge in [0.2, 0.25) is 0 Å². The van der Waals surface area contributed by atoms with Crippen LogP contribution >= 0.6 is 11.3 Å². The molecular formula is C11H17NO3S2. The molecule has 0 aliphatic heterocycles. The van der Waals surface area contributed by atoms with Crippen molar-refractivity contribution in [2.24, 2.45) is 0 Å². The zero-order valence-electron chi connectivity index (χ0n) is 10.2. The van der Waals surface area contributed by atoms with E-state index in [2.05, 4.69) is 25.8 Å². The van der Waals surface area contributed by atoms with Crippen molar-refractivity contribution in [2.45, 2.75) is 38.4 Å². The van der Waals surface area contributed by atoms with Crippen molar-refractivity contribution < 1.29 is 14.1 Å². The number of hydrogen-bond acceptors (Lipinski definition) is 4. The third kappa shape index (κ3) is 4.95. The molecule has 0 bridgehead atoms. The normalized spacial score (nSPS) is 13.6. The first kappa shape index (κ1) is 14.3. The summed E-state index contributed by atoms with van der Waals surface area (Å²) in [4.78, 5) is 14.8. The largest absolute Gasteiger partial charge is 0.481 e. The molecular weight excluding hydrogens is 258 g/mol. The summed E-state index contributed by atoms with van der Waals surface area (Å²) in [6.07, 6.45) is -0.0515. The van der Waals surface area contributed by atoms with Crippen molar-refractivity contribution in [1.29, 1.82) is 0 Å². The van der Waals surface area contributed by atoms with E-state index in [9.17, 15) is 9.00 Å². The van der Waals surface area contributed by atoms with Crippen LogP contribution in [0.25, 0.3) is 0 Å². The van der Waals surface area contributed by atoms with E-state index < -0.39 is 16.8 Å². The van der Waals surface area contributed by atoms with Gasteiger partial charge >= 0.3 is 5.97 Å². The van der Waals surface area contributed by atoms with Crippen LogP contribution in [-0.4, -0.2) is 26.0 Å². The highest BCUT2D eigenvalue weighted by molar-refractivity contribution is 7.84. The molecule has 1 rings (SSSR count). The molecule has 0 aromatic carbocycles. The summed E-state index contributed by atoms with van der Waals surface area (Å²) < 4.78 is 11.6. The first-order valence-corrected chi connectivity index (χ1v) is 7.67. The third-order valence-corrected chi connectivity index (χ3v) is 4.43. The third-order valence-electron chi connectivity index (χ3n) is 2.15. The van der Waals surface area contributed by atoms with Crippen molar-refractivity contribution in [3.63, 3.8) is 0 Å². The Morgan fingerprint density at radius 1 is 1.53 bits per heavy atom. The highest BCUT2D eigenvalue weighted by Gasteiger charge is 2.18. The predicted octanol–water partition coefficient (Wildman–Crippen LogP) is 2.16. The molecule has 4 nitrogen and oxygen atoms in total. The summed E-state index contributed by atoms with van der Waals surface area (Å²) in [5.41, 5.74) is 0.991. The zero-order valence-corrected chi connectivity index (χ0v) is 11.9. The van der Waals surface area contributed by atoms with Crippen LogP contribution in [0.3, 0.4) is 0 Å². The van der Waals surface area contributed by atoms with Gasteiger partial charge in [0.25, 0.3) is 0 Å². The lowest BCUT2D eigenvalue weighted by Crippen LogP contribution is -2.12. The number of aliphatic carboxylic acids is 1. The summed E-state index contributed by atoms with van der Waals surface area (Å²) in [6, 6.07) is 0. The summed E-state index contributed by atoms with van der Waals surface area (Å²) >= 11 is 1.49. The van der Waals surface area contributed by atoms with Gasteiger partial charge < -0.3 is 5.11 Å². The second-order valence-electron chi connectivity index (χ2n) is 4.81. The van der Waals surface area contributed by atoms with Gasteiger partial charge in [0.15, 0.2) is 0 Å². The van der Waals surface area contributed by atoms with Crippen molar-refractivity contribution in [2.75, 3.05) is 5.75 Å². The van der Waals surface area contributed by atoms with E-state index in [1.165, 1.54) is 11.3 Å². The molecule has 0 spiro atoms. The summed E-state index contributed by atoms with van der Waals surface area (Å²) in [5.74, 6) is -0.360. The molecule has 0 aliphatic rings. The Labute approximate surface area is 108 Å². The Morgan fingerprint density at radius 3 is 2.65 bits per heavy atom. The molecule has 0 amide bonds. The monoisotopic (exact) mass is 275 g/mol. The Morgan fingerprint density at radius 2 is 2.18 bits per heavy atom. The first-order chi connectivity index (χ1) is 7.79. The van der Waals surface area contributed by atoms with Crippen LogP contribution < -0.4 is 0 Å². The summed E-state index contributed by atoms with van der Waals surface area (Å²) in [7, 11) is -1.14. The summed E-state index contributed by atoms with van der Waals surface area (Å²) in [5, 5.41) is 11.3. The van der Waals surface area contributed by atoms with Crippen LogP contribution in [0.1, 0.15) is 37.9 Å². The molecule has 0 aliphatic carbocycles. The average Bonchev–Trinajstić information content (AvgIpc) is 2.62. The van der Waals surface area contributed by atoms with Crippen LogP contribution in [0, 0.1) is 0 Å². The summed E-state index contributed by atoms with van der Waals surface area (Å²) in [6.45, 7) is 6.23. The molecule has 1 aromatic heterocycles. The number of carboxylic acids is 1. The van der Waals surface area contributed by atoms with Crippen molar-refractivity contribution >= 4 is 28.1 Å². The van der Waals surface area contributed by atoms with Crippen LogP contribution in [-0.2, 0) is 26.8 Å². The van der Waals surface area contributed by atoms with Crippen LogP contribution in [0.4, 0.5) is 0 Å². The highest BCUT2D eigenvalue weighted by atomic mass is 32.2. The maximum Gasteiger partial charge on any atom is 0.304 e. The fourth-order valence-electron chi connectivity index (χ4n) is 1.13. The van der Waals surface area contributed by atoms with Gasteiger partial charge in [-0.3, -0.25) is 9.00 Å². The SMILES string of the molecule is CC(C)(C)c1csc(CS(=O)CCC(=O)O)n1. The standard InChI is InChI=1S/C11H17NO3S2/c1-11(2,3)8-6-16-9(12-8)7-17(15)5-4-10(13)14/h6H,4-5,7H2,1-3H3,(H,13,14). The van der Waals surface area contributed by atoms with Crippen molar-refractivity contribution in [3.8, 4) is 0 Å². The van der Waals surface area contributed by atoms with E-state index in [-0.39, 0.29) is 17.6 Å². The number of carboxylic acid groups (broad SMARTS) is 1. The molecule has 0 saturated heterocycles. The lowest BCUT2D eigenvalue weighted by Gasteiger charge is -2.14.